The summed E-state index contributed by atoms with van der Waals surface area (Å²) >= 11 is 5.77. The molecule has 29 heavy (non-hydrogen) atoms. The molecule has 0 spiro atoms. The molecule has 0 radical (unpaired) electrons. The van der Waals surface area contributed by atoms with Gasteiger partial charge in [0.15, 0.2) is 23.1 Å². The Morgan fingerprint density at radius 2 is 2.03 bits per heavy atom. The van der Waals surface area contributed by atoms with E-state index in [4.69, 9.17) is 21.1 Å². The molecule has 1 aromatic carbocycles. The van der Waals surface area contributed by atoms with Crippen molar-refractivity contribution in [3.63, 3.8) is 0 Å². The molecule has 8 heteroatoms. The third-order valence-corrected chi connectivity index (χ3v) is 4.90. The van der Waals surface area contributed by atoms with E-state index in [0.717, 1.165) is 50.2 Å². The Kier molecular flexibility index (Phi) is 7.50. The van der Waals surface area contributed by atoms with Gasteiger partial charge in [-0.2, -0.15) is 4.98 Å². The molecule has 0 atom stereocenters. The van der Waals surface area contributed by atoms with Crippen molar-refractivity contribution in [2.24, 2.45) is 0 Å². The first-order valence-electron chi connectivity index (χ1n) is 10.0. The van der Waals surface area contributed by atoms with Crippen LogP contribution in [0.3, 0.4) is 0 Å². The van der Waals surface area contributed by atoms with Crippen LogP contribution in [-0.2, 0) is 6.54 Å². The Balaban J connectivity index is 1.56. The Bertz CT molecular complexity index is 813. The maximum atomic E-state index is 13.8. The molecule has 1 fully saturated rings. The second-order valence-corrected chi connectivity index (χ2v) is 7.75. The highest BCUT2D eigenvalue weighted by molar-refractivity contribution is 6.28. The maximum Gasteiger partial charge on any atom is 0.224 e. The number of ether oxygens (including phenoxy) is 2. The molecule has 6 nitrogen and oxygen atoms in total. The lowest BCUT2D eigenvalue weighted by molar-refractivity contribution is 0.209. The molecule has 0 bridgehead atoms. The summed E-state index contributed by atoms with van der Waals surface area (Å²) in [5.74, 6) is 1.25. The van der Waals surface area contributed by atoms with Crippen molar-refractivity contribution in [3.8, 4) is 11.5 Å². The Labute approximate surface area is 176 Å². The SMILES string of the molecule is CCOc1cc(CN2CCC(Nc3nc(Cl)ncc3F)CC2)ccc1OC(C)C. The average Bonchev–Trinajstić information content (AvgIpc) is 2.68. The van der Waals surface area contributed by atoms with Crippen LogP contribution in [-0.4, -0.2) is 46.7 Å². The van der Waals surface area contributed by atoms with Crippen LogP contribution in [0.25, 0.3) is 0 Å². The summed E-state index contributed by atoms with van der Waals surface area (Å²) in [5, 5.41) is 3.19. The van der Waals surface area contributed by atoms with Gasteiger partial charge >= 0.3 is 0 Å². The minimum atomic E-state index is -0.482. The third kappa shape index (κ3) is 6.18. The highest BCUT2D eigenvalue weighted by Crippen LogP contribution is 2.30. The van der Waals surface area contributed by atoms with Gasteiger partial charge in [0.1, 0.15) is 0 Å². The Morgan fingerprint density at radius 3 is 2.72 bits per heavy atom. The molecular weight excluding hydrogens is 395 g/mol. The van der Waals surface area contributed by atoms with Gasteiger partial charge < -0.3 is 14.8 Å². The molecule has 0 amide bonds. The van der Waals surface area contributed by atoms with Crippen molar-refractivity contribution >= 4 is 17.4 Å². The average molecular weight is 423 g/mol. The zero-order chi connectivity index (χ0) is 20.8. The fourth-order valence-corrected chi connectivity index (χ4v) is 3.54. The number of anilines is 1. The quantitative estimate of drug-likeness (QED) is 0.630. The molecule has 2 aromatic rings. The topological polar surface area (TPSA) is 59.5 Å². The summed E-state index contributed by atoms with van der Waals surface area (Å²) < 4.78 is 25.4. The van der Waals surface area contributed by atoms with E-state index in [0.29, 0.717) is 6.61 Å². The summed E-state index contributed by atoms with van der Waals surface area (Å²) in [6.07, 6.45) is 2.98. The minimum Gasteiger partial charge on any atom is -0.490 e. The largest absolute Gasteiger partial charge is 0.490 e. The lowest BCUT2D eigenvalue weighted by Crippen LogP contribution is -2.39. The number of hydrogen-bond acceptors (Lipinski definition) is 6. The molecule has 1 N–H and O–H groups in total. The summed E-state index contributed by atoms with van der Waals surface area (Å²) in [4.78, 5) is 9.97. The van der Waals surface area contributed by atoms with Crippen molar-refractivity contribution in [2.45, 2.75) is 52.3 Å². The lowest BCUT2D eigenvalue weighted by atomic mass is 10.0. The molecule has 2 heterocycles. The number of aromatic nitrogens is 2. The Hall–Kier alpha value is -2.12. The molecule has 1 aliphatic rings. The van der Waals surface area contributed by atoms with Crippen molar-refractivity contribution in [1.29, 1.82) is 0 Å². The van der Waals surface area contributed by atoms with Crippen molar-refractivity contribution in [3.05, 3.63) is 41.1 Å². The normalized spacial score (nSPS) is 15.5. The van der Waals surface area contributed by atoms with Gasteiger partial charge in [-0.05, 0) is 62.9 Å². The molecule has 1 aromatic heterocycles. The summed E-state index contributed by atoms with van der Waals surface area (Å²) in [6, 6.07) is 6.29. The minimum absolute atomic E-state index is 0.0429. The number of nitrogens with zero attached hydrogens (tertiary/aromatic N) is 3. The maximum absolute atomic E-state index is 13.8. The van der Waals surface area contributed by atoms with Gasteiger partial charge in [-0.25, -0.2) is 9.37 Å². The van der Waals surface area contributed by atoms with Gasteiger partial charge in [-0.1, -0.05) is 6.07 Å². The number of benzene rings is 1. The molecule has 158 valence electrons. The standard InChI is InChI=1S/C21H28ClFN4O2/c1-4-28-19-11-15(5-6-18(19)29-14(2)3)13-27-9-7-16(8-10-27)25-20-17(23)12-24-21(22)26-20/h5-6,11-12,14,16H,4,7-10,13H2,1-3H3,(H,24,25,26). The number of rotatable bonds is 8. The van der Waals surface area contributed by atoms with E-state index in [1.807, 2.05) is 26.8 Å². The fraction of sp³-hybridized carbons (Fsp3) is 0.524. The van der Waals surface area contributed by atoms with Gasteiger partial charge in [0, 0.05) is 25.7 Å². The molecule has 1 aliphatic heterocycles. The smallest absolute Gasteiger partial charge is 0.224 e. The number of nitrogens with one attached hydrogen (secondary N) is 1. The lowest BCUT2D eigenvalue weighted by Gasteiger charge is -2.32. The number of hydrogen-bond donors (Lipinski definition) is 1. The predicted octanol–water partition coefficient (Wildman–Crippen LogP) is 4.53. The van der Waals surface area contributed by atoms with Crippen LogP contribution in [0.5, 0.6) is 11.5 Å². The molecule has 1 saturated heterocycles. The van der Waals surface area contributed by atoms with Gasteiger partial charge in [0.2, 0.25) is 5.28 Å². The van der Waals surface area contributed by atoms with E-state index in [2.05, 4.69) is 32.3 Å². The second-order valence-electron chi connectivity index (χ2n) is 7.41. The van der Waals surface area contributed by atoms with Crippen LogP contribution in [0.2, 0.25) is 5.28 Å². The second kappa shape index (κ2) is 10.1. The number of halogens is 2. The highest BCUT2D eigenvalue weighted by Gasteiger charge is 2.21. The van der Waals surface area contributed by atoms with Crippen molar-refractivity contribution < 1.29 is 13.9 Å². The van der Waals surface area contributed by atoms with E-state index in [-0.39, 0.29) is 23.2 Å². The molecular formula is C21H28ClFN4O2. The van der Waals surface area contributed by atoms with Gasteiger partial charge in [-0.3, -0.25) is 4.90 Å². The van der Waals surface area contributed by atoms with Gasteiger partial charge in [0.25, 0.3) is 0 Å². The summed E-state index contributed by atoms with van der Waals surface area (Å²) in [7, 11) is 0. The van der Waals surface area contributed by atoms with Crippen LogP contribution in [0.1, 0.15) is 39.2 Å². The zero-order valence-corrected chi connectivity index (χ0v) is 17.9. The Morgan fingerprint density at radius 1 is 1.28 bits per heavy atom. The van der Waals surface area contributed by atoms with E-state index in [9.17, 15) is 4.39 Å². The first kappa shape index (κ1) is 21.6. The van der Waals surface area contributed by atoms with E-state index in [1.165, 1.54) is 5.56 Å². The van der Waals surface area contributed by atoms with Crippen LogP contribution in [0.15, 0.2) is 24.4 Å². The number of piperidine rings is 1. The molecule has 0 saturated carbocycles. The van der Waals surface area contributed by atoms with Gasteiger partial charge in [0.05, 0.1) is 18.9 Å². The van der Waals surface area contributed by atoms with Crippen molar-refractivity contribution in [1.82, 2.24) is 14.9 Å². The predicted molar refractivity (Wildman–Crippen MR) is 112 cm³/mol. The highest BCUT2D eigenvalue weighted by atomic mass is 35.5. The fourth-order valence-electron chi connectivity index (χ4n) is 3.40. The molecule has 0 aliphatic carbocycles. The van der Waals surface area contributed by atoms with Crippen LogP contribution >= 0.6 is 11.6 Å². The third-order valence-electron chi connectivity index (χ3n) is 4.72. The zero-order valence-electron chi connectivity index (χ0n) is 17.1. The first-order chi connectivity index (χ1) is 13.9. The van der Waals surface area contributed by atoms with Crippen LogP contribution < -0.4 is 14.8 Å². The van der Waals surface area contributed by atoms with E-state index in [1.54, 1.807) is 0 Å². The summed E-state index contributed by atoms with van der Waals surface area (Å²) in [5.41, 5.74) is 1.18. The van der Waals surface area contributed by atoms with Crippen LogP contribution in [0.4, 0.5) is 10.2 Å². The molecule has 3 rings (SSSR count). The first-order valence-corrected chi connectivity index (χ1v) is 10.4. The summed E-state index contributed by atoms with van der Waals surface area (Å²) in [6.45, 7) is 9.23. The van der Waals surface area contributed by atoms with E-state index < -0.39 is 5.82 Å². The van der Waals surface area contributed by atoms with Crippen LogP contribution in [0, 0.1) is 5.82 Å². The van der Waals surface area contributed by atoms with Gasteiger partial charge in [-0.15, -0.1) is 0 Å². The monoisotopic (exact) mass is 422 g/mol. The van der Waals surface area contributed by atoms with Crippen molar-refractivity contribution in [2.75, 3.05) is 25.0 Å². The molecule has 0 unspecified atom stereocenters. The van der Waals surface area contributed by atoms with E-state index >= 15 is 0 Å². The number of likely N-dealkylation sites (tertiary alicyclic amines) is 1.